The van der Waals surface area contributed by atoms with Crippen LogP contribution in [0.1, 0.15) is 30.4 Å². The molecule has 2 atom stereocenters. The molecule has 0 spiro atoms. The summed E-state index contributed by atoms with van der Waals surface area (Å²) >= 11 is 5.99. The number of nitrogens with zero attached hydrogens (tertiary/aromatic N) is 2. The molecule has 0 aliphatic carbocycles. The minimum absolute atomic E-state index is 0.0833. The Hall–Kier alpha value is -1.53. The van der Waals surface area contributed by atoms with Gasteiger partial charge in [0.25, 0.3) is 5.91 Å². The lowest BCUT2D eigenvalue weighted by Crippen LogP contribution is -2.44. The Kier molecular flexibility index (Phi) is 4.58. The summed E-state index contributed by atoms with van der Waals surface area (Å²) in [6, 6.07) is 1.22. The number of hydrogen-bond donors (Lipinski definition) is 1. The third-order valence-corrected chi connectivity index (χ3v) is 3.98. The lowest BCUT2D eigenvalue weighted by Gasteiger charge is -2.27. The molecule has 6 nitrogen and oxygen atoms in total. The van der Waals surface area contributed by atoms with Crippen LogP contribution in [0.4, 0.5) is 0 Å². The molecule has 1 amide bonds. The summed E-state index contributed by atoms with van der Waals surface area (Å²) in [5.74, 6) is -1.90. The predicted octanol–water partition coefficient (Wildman–Crippen LogP) is 1.89. The minimum atomic E-state index is -0.950. The molecule has 0 aromatic carbocycles. The van der Waals surface area contributed by atoms with Gasteiger partial charge >= 0.3 is 5.97 Å². The van der Waals surface area contributed by atoms with Gasteiger partial charge in [-0.15, -0.1) is 0 Å². The summed E-state index contributed by atoms with van der Waals surface area (Å²) in [5, 5.41) is 9.67. The van der Waals surface area contributed by atoms with Gasteiger partial charge in [0, 0.05) is 19.3 Å². The highest BCUT2D eigenvalue weighted by Crippen LogP contribution is 2.24. The van der Waals surface area contributed by atoms with Crippen molar-refractivity contribution in [2.24, 2.45) is 5.92 Å². The van der Waals surface area contributed by atoms with E-state index in [1.807, 2.05) is 13.8 Å². The summed E-state index contributed by atoms with van der Waals surface area (Å²) in [6.07, 6.45) is 1.70. The Morgan fingerprint density at radius 1 is 1.48 bits per heavy atom. The molecule has 116 valence electrons. The van der Waals surface area contributed by atoms with Gasteiger partial charge in [0.1, 0.15) is 11.6 Å². The summed E-state index contributed by atoms with van der Waals surface area (Å²) in [6.45, 7) is 4.26. The number of carbonyl (C=O) groups excluding carboxylic acids is 1. The summed E-state index contributed by atoms with van der Waals surface area (Å²) in [4.78, 5) is 25.3. The molecule has 0 bridgehead atoms. The van der Waals surface area contributed by atoms with E-state index >= 15 is 0 Å². The molecule has 1 saturated heterocycles. The van der Waals surface area contributed by atoms with Gasteiger partial charge in [-0.3, -0.25) is 9.59 Å². The maximum absolute atomic E-state index is 12.6. The standard InChI is InChI=1S/C14H19ClN2O4/c1-8(2)17-5-9(15)4-11(17)13(18)16(3)12-7-21-6-10(12)14(19)20/h4-5,8,10,12H,6-7H2,1-3H3,(H,19,20). The van der Waals surface area contributed by atoms with E-state index < -0.39 is 17.9 Å². The number of likely N-dealkylation sites (N-methyl/N-ethyl adjacent to an activating group) is 1. The molecule has 2 heterocycles. The predicted molar refractivity (Wildman–Crippen MR) is 77.7 cm³/mol. The van der Waals surface area contributed by atoms with Gasteiger partial charge in [-0.2, -0.15) is 0 Å². The molecule has 1 fully saturated rings. The molecule has 1 N–H and O–H groups in total. The quantitative estimate of drug-likeness (QED) is 0.921. The molecule has 1 aromatic rings. The number of ether oxygens (including phenoxy) is 1. The van der Waals surface area contributed by atoms with Gasteiger partial charge in [-0.1, -0.05) is 11.6 Å². The molecule has 7 heteroatoms. The first-order valence-corrected chi connectivity index (χ1v) is 7.15. The maximum atomic E-state index is 12.6. The lowest BCUT2D eigenvalue weighted by atomic mass is 10.0. The molecule has 0 saturated carbocycles. The molecule has 0 radical (unpaired) electrons. The first-order valence-electron chi connectivity index (χ1n) is 6.78. The van der Waals surface area contributed by atoms with E-state index in [1.165, 1.54) is 4.90 Å². The van der Waals surface area contributed by atoms with Gasteiger partial charge in [0.2, 0.25) is 0 Å². The zero-order valence-electron chi connectivity index (χ0n) is 12.2. The van der Waals surface area contributed by atoms with Crippen molar-refractivity contribution in [1.29, 1.82) is 0 Å². The van der Waals surface area contributed by atoms with E-state index in [0.717, 1.165) is 0 Å². The van der Waals surface area contributed by atoms with Gasteiger partial charge < -0.3 is 19.3 Å². The Morgan fingerprint density at radius 2 is 2.14 bits per heavy atom. The third kappa shape index (κ3) is 3.06. The number of carbonyl (C=O) groups is 2. The molecule has 1 aromatic heterocycles. The van der Waals surface area contributed by atoms with Crippen LogP contribution >= 0.6 is 11.6 Å². The van der Waals surface area contributed by atoms with E-state index in [-0.39, 0.29) is 25.2 Å². The van der Waals surface area contributed by atoms with Crippen molar-refractivity contribution in [3.05, 3.63) is 23.0 Å². The Labute approximate surface area is 128 Å². The number of carboxylic acids is 1. The van der Waals surface area contributed by atoms with Crippen LogP contribution in [0.25, 0.3) is 0 Å². The molecule has 1 aliphatic rings. The number of aromatic nitrogens is 1. The molecule has 1 aliphatic heterocycles. The second-order valence-electron chi connectivity index (χ2n) is 5.51. The molecule has 2 unspecified atom stereocenters. The van der Waals surface area contributed by atoms with Crippen LogP contribution in [0.5, 0.6) is 0 Å². The van der Waals surface area contributed by atoms with Gasteiger partial charge in [0.05, 0.1) is 24.3 Å². The van der Waals surface area contributed by atoms with Crippen LogP contribution in [0.15, 0.2) is 12.3 Å². The smallest absolute Gasteiger partial charge is 0.311 e. The second kappa shape index (κ2) is 6.07. The van der Waals surface area contributed by atoms with E-state index in [2.05, 4.69) is 0 Å². The fourth-order valence-electron chi connectivity index (χ4n) is 2.54. The van der Waals surface area contributed by atoms with Crippen LogP contribution in [0.2, 0.25) is 5.02 Å². The Balaban J connectivity index is 2.25. The van der Waals surface area contributed by atoms with E-state index in [9.17, 15) is 14.7 Å². The normalized spacial score (nSPS) is 21.8. The third-order valence-electron chi connectivity index (χ3n) is 3.78. The summed E-state index contributed by atoms with van der Waals surface area (Å²) in [5.41, 5.74) is 0.452. The van der Waals surface area contributed by atoms with E-state index in [4.69, 9.17) is 16.3 Å². The summed E-state index contributed by atoms with van der Waals surface area (Å²) in [7, 11) is 1.60. The van der Waals surface area contributed by atoms with E-state index in [0.29, 0.717) is 10.7 Å². The highest BCUT2D eigenvalue weighted by atomic mass is 35.5. The first-order chi connectivity index (χ1) is 9.82. The molecular weight excluding hydrogens is 296 g/mol. The zero-order valence-corrected chi connectivity index (χ0v) is 13.0. The highest BCUT2D eigenvalue weighted by Gasteiger charge is 2.39. The van der Waals surface area contributed by atoms with Crippen molar-refractivity contribution in [1.82, 2.24) is 9.47 Å². The van der Waals surface area contributed by atoms with Crippen molar-refractivity contribution in [3.63, 3.8) is 0 Å². The summed E-state index contributed by atoms with van der Waals surface area (Å²) < 4.78 is 7.00. The zero-order chi connectivity index (χ0) is 15.7. The topological polar surface area (TPSA) is 71.8 Å². The van der Waals surface area contributed by atoms with Crippen molar-refractivity contribution in [2.45, 2.75) is 25.9 Å². The number of rotatable bonds is 4. The molecular formula is C14H19ClN2O4. The van der Waals surface area contributed by atoms with E-state index in [1.54, 1.807) is 23.9 Å². The molecule has 21 heavy (non-hydrogen) atoms. The number of amides is 1. The van der Waals surface area contributed by atoms with Gasteiger partial charge in [-0.25, -0.2) is 0 Å². The van der Waals surface area contributed by atoms with Crippen molar-refractivity contribution in [2.75, 3.05) is 20.3 Å². The van der Waals surface area contributed by atoms with Crippen LogP contribution in [0.3, 0.4) is 0 Å². The highest BCUT2D eigenvalue weighted by molar-refractivity contribution is 6.31. The number of hydrogen-bond acceptors (Lipinski definition) is 3. The maximum Gasteiger partial charge on any atom is 0.311 e. The van der Waals surface area contributed by atoms with Gasteiger partial charge in [-0.05, 0) is 19.9 Å². The van der Waals surface area contributed by atoms with Crippen molar-refractivity contribution in [3.8, 4) is 0 Å². The van der Waals surface area contributed by atoms with Crippen LogP contribution in [0, 0.1) is 5.92 Å². The van der Waals surface area contributed by atoms with Crippen LogP contribution in [-0.2, 0) is 9.53 Å². The Bertz CT molecular complexity index is 555. The molecule has 2 rings (SSSR count). The average molecular weight is 315 g/mol. The fourth-order valence-corrected chi connectivity index (χ4v) is 2.74. The largest absolute Gasteiger partial charge is 0.481 e. The average Bonchev–Trinajstić information content (AvgIpc) is 3.02. The van der Waals surface area contributed by atoms with Crippen molar-refractivity contribution >= 4 is 23.5 Å². The second-order valence-corrected chi connectivity index (χ2v) is 5.95. The number of carboxylic acid groups (broad SMARTS) is 1. The minimum Gasteiger partial charge on any atom is -0.481 e. The van der Waals surface area contributed by atoms with Crippen LogP contribution in [-0.4, -0.2) is 52.8 Å². The number of halogens is 1. The van der Waals surface area contributed by atoms with Crippen LogP contribution < -0.4 is 0 Å². The lowest BCUT2D eigenvalue weighted by molar-refractivity contribution is -0.142. The fraction of sp³-hybridized carbons (Fsp3) is 0.571. The van der Waals surface area contributed by atoms with Gasteiger partial charge in [0.15, 0.2) is 0 Å². The SMILES string of the molecule is CC(C)n1cc(Cl)cc1C(=O)N(C)C1COCC1C(=O)O. The van der Waals surface area contributed by atoms with Crippen molar-refractivity contribution < 1.29 is 19.4 Å². The Morgan fingerprint density at radius 3 is 2.71 bits per heavy atom. The number of aliphatic carboxylic acids is 1. The first kappa shape index (κ1) is 15.9. The monoisotopic (exact) mass is 314 g/mol.